The van der Waals surface area contributed by atoms with Crippen LogP contribution in [-0.2, 0) is 12.8 Å². The van der Waals surface area contributed by atoms with Gasteiger partial charge in [0.1, 0.15) is 11.5 Å². The van der Waals surface area contributed by atoms with Gasteiger partial charge >= 0.3 is 0 Å². The van der Waals surface area contributed by atoms with E-state index in [1.54, 1.807) is 42.7 Å². The van der Waals surface area contributed by atoms with Gasteiger partial charge in [-0.1, -0.05) is 18.5 Å². The second kappa shape index (κ2) is 7.49. The number of aromatic nitrogens is 2. The number of anilines is 1. The van der Waals surface area contributed by atoms with Gasteiger partial charge < -0.3 is 10.5 Å². The van der Waals surface area contributed by atoms with E-state index in [1.165, 1.54) is 6.20 Å². The SMILES string of the molecule is CCc1c(Cc2ccnc(N)c2F)cncc1Oc1ccc(Cl)cc1. The van der Waals surface area contributed by atoms with Crippen LogP contribution in [0, 0.1) is 5.82 Å². The molecular weight excluding hydrogens is 341 g/mol. The van der Waals surface area contributed by atoms with Gasteiger partial charge in [0.05, 0.1) is 6.20 Å². The van der Waals surface area contributed by atoms with Gasteiger partial charge in [-0.05, 0) is 47.9 Å². The van der Waals surface area contributed by atoms with Crippen LogP contribution in [0.15, 0.2) is 48.9 Å². The lowest BCUT2D eigenvalue weighted by Crippen LogP contribution is -2.03. The summed E-state index contributed by atoms with van der Waals surface area (Å²) in [5, 5.41) is 0.640. The topological polar surface area (TPSA) is 61.0 Å². The van der Waals surface area contributed by atoms with Crippen LogP contribution >= 0.6 is 11.6 Å². The van der Waals surface area contributed by atoms with E-state index >= 15 is 0 Å². The quantitative estimate of drug-likeness (QED) is 0.712. The lowest BCUT2D eigenvalue weighted by molar-refractivity contribution is 0.473. The molecule has 2 N–H and O–H groups in total. The van der Waals surface area contributed by atoms with Gasteiger partial charge in [0.15, 0.2) is 11.6 Å². The summed E-state index contributed by atoms with van der Waals surface area (Å²) < 4.78 is 20.1. The molecule has 0 spiro atoms. The molecule has 0 bridgehead atoms. The molecule has 0 fully saturated rings. The predicted molar refractivity (Wildman–Crippen MR) is 96.6 cm³/mol. The summed E-state index contributed by atoms with van der Waals surface area (Å²) in [7, 11) is 0. The maximum atomic E-state index is 14.2. The highest BCUT2D eigenvalue weighted by Gasteiger charge is 2.14. The first-order chi connectivity index (χ1) is 12.1. The van der Waals surface area contributed by atoms with Gasteiger partial charge in [0.25, 0.3) is 0 Å². The molecule has 0 unspecified atom stereocenters. The van der Waals surface area contributed by atoms with E-state index in [2.05, 4.69) is 9.97 Å². The van der Waals surface area contributed by atoms with Crippen LogP contribution in [0.4, 0.5) is 10.2 Å². The molecule has 0 aliphatic rings. The van der Waals surface area contributed by atoms with E-state index in [1.807, 2.05) is 6.92 Å². The number of benzene rings is 1. The zero-order chi connectivity index (χ0) is 17.8. The van der Waals surface area contributed by atoms with Crippen LogP contribution in [0.2, 0.25) is 5.02 Å². The van der Waals surface area contributed by atoms with E-state index in [0.29, 0.717) is 28.5 Å². The first kappa shape index (κ1) is 17.2. The molecule has 6 heteroatoms. The van der Waals surface area contributed by atoms with E-state index < -0.39 is 5.82 Å². The lowest BCUT2D eigenvalue weighted by atomic mass is 10.00. The summed E-state index contributed by atoms with van der Waals surface area (Å²) >= 11 is 5.90. The van der Waals surface area contributed by atoms with Gasteiger partial charge in [0.2, 0.25) is 0 Å². The molecular formula is C19H17ClFN3O. The van der Waals surface area contributed by atoms with E-state index in [4.69, 9.17) is 22.1 Å². The summed E-state index contributed by atoms with van der Waals surface area (Å²) in [6, 6.07) is 8.72. The Labute approximate surface area is 150 Å². The molecule has 2 heterocycles. The minimum atomic E-state index is -0.492. The average molecular weight is 358 g/mol. The number of hydrogen-bond donors (Lipinski definition) is 1. The minimum Gasteiger partial charge on any atom is -0.455 e. The Bertz CT molecular complexity index is 884. The molecule has 0 radical (unpaired) electrons. The van der Waals surface area contributed by atoms with Crippen molar-refractivity contribution in [2.75, 3.05) is 5.73 Å². The molecule has 0 atom stereocenters. The zero-order valence-electron chi connectivity index (χ0n) is 13.7. The molecule has 0 amide bonds. The molecule has 0 aliphatic carbocycles. The Hall–Kier alpha value is -2.66. The molecule has 128 valence electrons. The standard InChI is InChI=1S/C19H17ClFN3O/c1-2-16-13(9-12-7-8-24-19(22)18(12)21)10-23-11-17(16)25-15-5-3-14(20)4-6-15/h3-8,10-11H,2,9H2,1H3,(H2,22,24). The third-order valence-electron chi connectivity index (χ3n) is 3.88. The smallest absolute Gasteiger partial charge is 0.168 e. The Morgan fingerprint density at radius 2 is 1.88 bits per heavy atom. The number of rotatable bonds is 5. The average Bonchev–Trinajstić information content (AvgIpc) is 2.61. The molecule has 1 aromatic carbocycles. The largest absolute Gasteiger partial charge is 0.455 e. The lowest BCUT2D eigenvalue weighted by Gasteiger charge is -2.14. The van der Waals surface area contributed by atoms with Crippen molar-refractivity contribution in [3.8, 4) is 11.5 Å². The second-order valence-electron chi connectivity index (χ2n) is 5.53. The summed E-state index contributed by atoms with van der Waals surface area (Å²) in [4.78, 5) is 7.99. The van der Waals surface area contributed by atoms with E-state index in [0.717, 1.165) is 17.5 Å². The van der Waals surface area contributed by atoms with Crippen molar-refractivity contribution in [1.29, 1.82) is 0 Å². The fourth-order valence-corrected chi connectivity index (χ4v) is 2.75. The molecule has 0 saturated carbocycles. The number of ether oxygens (including phenoxy) is 1. The van der Waals surface area contributed by atoms with Gasteiger partial charge in [-0.2, -0.15) is 0 Å². The van der Waals surface area contributed by atoms with Crippen molar-refractivity contribution < 1.29 is 9.13 Å². The van der Waals surface area contributed by atoms with E-state index in [9.17, 15) is 4.39 Å². The summed E-state index contributed by atoms with van der Waals surface area (Å²) in [5.74, 6) is 0.716. The predicted octanol–water partition coefficient (Wildman–Crippen LogP) is 4.80. The number of nitrogen functional groups attached to an aromatic ring is 1. The number of pyridine rings is 2. The van der Waals surface area contributed by atoms with Crippen LogP contribution < -0.4 is 10.5 Å². The fraction of sp³-hybridized carbons (Fsp3) is 0.158. The highest BCUT2D eigenvalue weighted by Crippen LogP contribution is 2.29. The van der Waals surface area contributed by atoms with Crippen molar-refractivity contribution in [3.05, 3.63) is 76.5 Å². The van der Waals surface area contributed by atoms with E-state index in [-0.39, 0.29) is 5.82 Å². The first-order valence-corrected chi connectivity index (χ1v) is 8.24. The fourth-order valence-electron chi connectivity index (χ4n) is 2.62. The monoisotopic (exact) mass is 357 g/mol. The van der Waals surface area contributed by atoms with Crippen LogP contribution in [0.5, 0.6) is 11.5 Å². The molecule has 3 aromatic rings. The van der Waals surface area contributed by atoms with Crippen LogP contribution in [-0.4, -0.2) is 9.97 Å². The number of halogens is 2. The molecule has 4 nitrogen and oxygen atoms in total. The minimum absolute atomic E-state index is 0.0999. The van der Waals surface area contributed by atoms with Crippen LogP contribution in [0.3, 0.4) is 0 Å². The van der Waals surface area contributed by atoms with Gasteiger partial charge in [-0.15, -0.1) is 0 Å². The maximum absolute atomic E-state index is 14.2. The second-order valence-corrected chi connectivity index (χ2v) is 5.97. The van der Waals surface area contributed by atoms with Gasteiger partial charge in [-0.25, -0.2) is 9.37 Å². The molecule has 2 aromatic heterocycles. The Morgan fingerprint density at radius 1 is 1.12 bits per heavy atom. The summed E-state index contributed by atoms with van der Waals surface area (Å²) in [6.07, 6.45) is 5.98. The maximum Gasteiger partial charge on any atom is 0.168 e. The molecule has 3 rings (SSSR count). The molecule has 0 saturated heterocycles. The van der Waals surface area contributed by atoms with Gasteiger partial charge in [0, 0.05) is 29.4 Å². The van der Waals surface area contributed by atoms with Crippen molar-refractivity contribution in [2.45, 2.75) is 19.8 Å². The third kappa shape index (κ3) is 3.88. The first-order valence-electron chi connectivity index (χ1n) is 7.86. The number of nitrogens with two attached hydrogens (primary N) is 1. The summed E-state index contributed by atoms with van der Waals surface area (Å²) in [6.45, 7) is 2.02. The Kier molecular flexibility index (Phi) is 5.14. The Morgan fingerprint density at radius 3 is 2.60 bits per heavy atom. The molecule has 0 aliphatic heterocycles. The number of hydrogen-bond acceptors (Lipinski definition) is 4. The van der Waals surface area contributed by atoms with Crippen molar-refractivity contribution >= 4 is 17.4 Å². The highest BCUT2D eigenvalue weighted by atomic mass is 35.5. The van der Waals surface area contributed by atoms with Crippen LogP contribution in [0.25, 0.3) is 0 Å². The van der Waals surface area contributed by atoms with Crippen molar-refractivity contribution in [1.82, 2.24) is 9.97 Å². The third-order valence-corrected chi connectivity index (χ3v) is 4.13. The normalized spacial score (nSPS) is 10.7. The summed E-state index contributed by atoms with van der Waals surface area (Å²) in [5.41, 5.74) is 7.89. The van der Waals surface area contributed by atoms with Gasteiger partial charge in [-0.3, -0.25) is 4.98 Å². The highest BCUT2D eigenvalue weighted by molar-refractivity contribution is 6.30. The van der Waals surface area contributed by atoms with Crippen LogP contribution in [0.1, 0.15) is 23.6 Å². The van der Waals surface area contributed by atoms with Crippen molar-refractivity contribution in [2.24, 2.45) is 0 Å². The number of nitrogens with zero attached hydrogens (tertiary/aromatic N) is 2. The zero-order valence-corrected chi connectivity index (χ0v) is 14.4. The van der Waals surface area contributed by atoms with Crippen molar-refractivity contribution in [3.63, 3.8) is 0 Å². The molecule has 25 heavy (non-hydrogen) atoms. The Balaban J connectivity index is 1.93.